The number of benzene rings is 2. The van der Waals surface area contributed by atoms with E-state index in [0.717, 1.165) is 7.11 Å². The maximum Gasteiger partial charge on any atom is 0.416 e. The molecule has 0 saturated heterocycles. The predicted molar refractivity (Wildman–Crippen MR) is 113 cm³/mol. The Morgan fingerprint density at radius 1 is 1.03 bits per heavy atom. The van der Waals surface area contributed by atoms with E-state index >= 15 is 0 Å². The van der Waals surface area contributed by atoms with Crippen LogP contribution in [0.15, 0.2) is 41.3 Å². The van der Waals surface area contributed by atoms with Crippen LogP contribution >= 0.6 is 0 Å². The number of carbonyl (C=O) groups is 1. The van der Waals surface area contributed by atoms with E-state index in [1.165, 1.54) is 0 Å². The Hall–Kier alpha value is -2.64. The van der Waals surface area contributed by atoms with Crippen LogP contribution in [0.25, 0.3) is 0 Å². The molecule has 1 atom stereocenters. The van der Waals surface area contributed by atoms with E-state index in [1.807, 2.05) is 0 Å². The van der Waals surface area contributed by atoms with Gasteiger partial charge in [0.2, 0.25) is 10.0 Å². The minimum Gasteiger partial charge on any atom is -0.486 e. The van der Waals surface area contributed by atoms with Gasteiger partial charge in [0.05, 0.1) is 16.0 Å². The number of sulfonamides is 1. The minimum atomic E-state index is -5.18. The van der Waals surface area contributed by atoms with Gasteiger partial charge in [0.15, 0.2) is 6.29 Å². The van der Waals surface area contributed by atoms with Crippen molar-refractivity contribution in [3.8, 4) is 5.75 Å². The number of nitrogens with one attached hydrogen (secondary N) is 1. The minimum absolute atomic E-state index is 0.128. The fourth-order valence-electron chi connectivity index (χ4n) is 3.70. The Balaban J connectivity index is 0.00000210. The van der Waals surface area contributed by atoms with E-state index < -0.39 is 44.4 Å². The molecule has 2 aromatic rings. The number of halogens is 6. The summed E-state index contributed by atoms with van der Waals surface area (Å²) < 4.78 is 112. The predicted octanol–water partition coefficient (Wildman–Crippen LogP) is 4.66. The topological polar surface area (TPSA) is 92.7 Å². The van der Waals surface area contributed by atoms with Gasteiger partial charge in [-0.3, -0.25) is 4.79 Å². The number of hydrogen-bond donors (Lipinski definition) is 2. The number of fused-ring (bicyclic) bond motifs is 1. The number of aliphatic hydroxyl groups excluding tert-OH is 1. The molecule has 6 nitrogen and oxygen atoms in total. The highest BCUT2D eigenvalue weighted by atomic mass is 32.2. The van der Waals surface area contributed by atoms with E-state index in [2.05, 4.69) is 4.72 Å². The van der Waals surface area contributed by atoms with Gasteiger partial charge in [-0.15, -0.1) is 0 Å². The Kier molecular flexibility index (Phi) is 9.31. The summed E-state index contributed by atoms with van der Waals surface area (Å²) in [5, 5.41) is 7.00. The highest BCUT2D eigenvalue weighted by Gasteiger charge is 2.38. The second-order valence-corrected chi connectivity index (χ2v) is 9.18. The van der Waals surface area contributed by atoms with Gasteiger partial charge < -0.3 is 9.84 Å². The normalized spacial score (nSPS) is 16.4. The summed E-state index contributed by atoms with van der Waals surface area (Å²) in [6.07, 6.45) is -7.84. The SMILES string of the molecule is CO.O=CCOc1cccc2c1CCCC[C@H]2NS(=O)(=O)c1cc(C(F)(F)F)cc(C(F)(F)F)c1. The monoisotopic (exact) mass is 527 g/mol. The Bertz CT molecular complexity index is 1100. The third kappa shape index (κ3) is 7.18. The maximum absolute atomic E-state index is 13.2. The molecule has 0 bridgehead atoms. The Morgan fingerprint density at radius 2 is 1.63 bits per heavy atom. The molecule has 194 valence electrons. The molecule has 0 radical (unpaired) electrons. The molecule has 0 aliphatic heterocycles. The average Bonchev–Trinajstić information content (AvgIpc) is 3.00. The first-order valence-electron chi connectivity index (χ1n) is 10.3. The summed E-state index contributed by atoms with van der Waals surface area (Å²) in [4.78, 5) is 9.51. The van der Waals surface area contributed by atoms with Crippen molar-refractivity contribution in [2.75, 3.05) is 13.7 Å². The molecule has 0 spiro atoms. The third-order valence-electron chi connectivity index (χ3n) is 5.19. The van der Waals surface area contributed by atoms with Crippen molar-refractivity contribution in [2.24, 2.45) is 0 Å². The lowest BCUT2D eigenvalue weighted by molar-refractivity contribution is -0.143. The molecule has 2 N–H and O–H groups in total. The number of aliphatic hydroxyl groups is 1. The number of rotatable bonds is 6. The molecule has 0 amide bonds. The van der Waals surface area contributed by atoms with Crippen LogP contribution in [0.1, 0.15) is 47.6 Å². The summed E-state index contributed by atoms with van der Waals surface area (Å²) in [7, 11) is -3.76. The van der Waals surface area contributed by atoms with Gasteiger partial charge in [-0.2, -0.15) is 26.3 Å². The van der Waals surface area contributed by atoms with E-state index in [0.29, 0.717) is 42.4 Å². The van der Waals surface area contributed by atoms with Crippen LogP contribution in [-0.2, 0) is 33.6 Å². The number of carbonyl (C=O) groups excluding carboxylic acids is 1. The second kappa shape index (κ2) is 11.4. The number of ether oxygens (including phenoxy) is 1. The van der Waals surface area contributed by atoms with Crippen molar-refractivity contribution < 1.29 is 49.4 Å². The van der Waals surface area contributed by atoms with E-state index in [9.17, 15) is 39.6 Å². The molecule has 35 heavy (non-hydrogen) atoms. The van der Waals surface area contributed by atoms with Crippen LogP contribution in [0.2, 0.25) is 0 Å². The highest BCUT2D eigenvalue weighted by molar-refractivity contribution is 7.89. The van der Waals surface area contributed by atoms with Crippen molar-refractivity contribution in [1.29, 1.82) is 0 Å². The van der Waals surface area contributed by atoms with Crippen molar-refractivity contribution in [1.82, 2.24) is 4.72 Å². The van der Waals surface area contributed by atoms with Gasteiger partial charge in [-0.05, 0) is 54.7 Å². The van der Waals surface area contributed by atoms with Gasteiger partial charge in [-0.1, -0.05) is 18.6 Å². The molecule has 0 fully saturated rings. The summed E-state index contributed by atoms with van der Waals surface area (Å²) >= 11 is 0. The molecule has 3 rings (SSSR count). The van der Waals surface area contributed by atoms with Gasteiger partial charge in [0.25, 0.3) is 0 Å². The molecule has 0 saturated carbocycles. The van der Waals surface area contributed by atoms with Gasteiger partial charge in [-0.25, -0.2) is 13.1 Å². The number of hydrogen-bond acceptors (Lipinski definition) is 5. The second-order valence-electron chi connectivity index (χ2n) is 7.46. The van der Waals surface area contributed by atoms with E-state index in [4.69, 9.17) is 9.84 Å². The molecular weight excluding hydrogens is 504 g/mol. The fraction of sp³-hybridized carbons (Fsp3) is 0.409. The molecule has 13 heteroatoms. The van der Waals surface area contributed by atoms with Crippen LogP contribution in [0.4, 0.5) is 26.3 Å². The number of alkyl halides is 6. The molecule has 0 aromatic heterocycles. The van der Waals surface area contributed by atoms with Gasteiger partial charge in [0, 0.05) is 13.2 Å². The first kappa shape index (κ1) is 28.6. The lowest BCUT2D eigenvalue weighted by atomic mass is 9.99. The summed E-state index contributed by atoms with van der Waals surface area (Å²) in [5.74, 6) is 0.365. The zero-order valence-electron chi connectivity index (χ0n) is 18.4. The maximum atomic E-state index is 13.2. The Morgan fingerprint density at radius 3 is 2.17 bits per heavy atom. The molecule has 0 heterocycles. The summed E-state index contributed by atoms with van der Waals surface area (Å²) in [6, 6.07) is 4.10. The van der Waals surface area contributed by atoms with E-state index in [-0.39, 0.29) is 31.2 Å². The lowest BCUT2D eigenvalue weighted by Gasteiger charge is -2.22. The van der Waals surface area contributed by atoms with Crippen LogP contribution in [-0.4, -0.2) is 33.5 Å². The van der Waals surface area contributed by atoms with Crippen molar-refractivity contribution in [2.45, 2.75) is 49.0 Å². The molecular formula is C22H23F6NO5S. The molecule has 1 aliphatic carbocycles. The molecule has 0 unspecified atom stereocenters. The largest absolute Gasteiger partial charge is 0.486 e. The molecule has 2 aromatic carbocycles. The van der Waals surface area contributed by atoms with E-state index in [1.54, 1.807) is 18.2 Å². The average molecular weight is 527 g/mol. The van der Waals surface area contributed by atoms with Crippen molar-refractivity contribution >= 4 is 16.3 Å². The first-order valence-corrected chi connectivity index (χ1v) is 11.8. The van der Waals surface area contributed by atoms with Crippen LogP contribution in [0.5, 0.6) is 5.75 Å². The first-order chi connectivity index (χ1) is 16.3. The number of aldehydes is 1. The fourth-order valence-corrected chi connectivity index (χ4v) is 5.02. The smallest absolute Gasteiger partial charge is 0.416 e. The summed E-state index contributed by atoms with van der Waals surface area (Å²) in [6.45, 7) is -0.225. The zero-order chi connectivity index (χ0) is 26.4. The zero-order valence-corrected chi connectivity index (χ0v) is 19.2. The van der Waals surface area contributed by atoms with Crippen LogP contribution in [0, 0.1) is 0 Å². The van der Waals surface area contributed by atoms with Crippen molar-refractivity contribution in [3.63, 3.8) is 0 Å². The van der Waals surface area contributed by atoms with Crippen LogP contribution in [0.3, 0.4) is 0 Å². The Labute approximate surface area is 198 Å². The third-order valence-corrected chi connectivity index (χ3v) is 6.64. The summed E-state index contributed by atoms with van der Waals surface area (Å²) in [5.41, 5.74) is -2.32. The van der Waals surface area contributed by atoms with Gasteiger partial charge in [0.1, 0.15) is 12.4 Å². The highest BCUT2D eigenvalue weighted by Crippen LogP contribution is 2.39. The quantitative estimate of drug-likeness (QED) is 0.324. The standard InChI is InChI=1S/C21H19F6NO4S.CH4O/c22-20(23,24)13-10-14(21(25,26)27)12-15(11-13)33(30,31)28-18-6-2-1-4-17-16(18)5-3-7-19(17)32-9-8-29;1-2/h3,5,7-8,10-12,18,28H,1-2,4,6,9H2;2H,1H3/t18-;/m1./s1. The van der Waals surface area contributed by atoms with Crippen molar-refractivity contribution in [3.05, 3.63) is 58.7 Å². The van der Waals surface area contributed by atoms with Crippen LogP contribution < -0.4 is 9.46 Å². The van der Waals surface area contributed by atoms with Gasteiger partial charge >= 0.3 is 12.4 Å². The molecule has 1 aliphatic rings. The lowest BCUT2D eigenvalue weighted by Crippen LogP contribution is -2.29.